The van der Waals surface area contributed by atoms with Crippen LogP contribution in [0.1, 0.15) is 168 Å². The Morgan fingerprint density at radius 3 is 1.33 bits per heavy atom. The predicted octanol–water partition coefficient (Wildman–Crippen LogP) is 13.3. The van der Waals surface area contributed by atoms with Crippen molar-refractivity contribution in [1.29, 1.82) is 0 Å². The summed E-state index contributed by atoms with van der Waals surface area (Å²) in [6, 6.07) is 0. The molecule has 0 heterocycles. The highest BCUT2D eigenvalue weighted by atomic mass is 16.6. The smallest absolute Gasteiger partial charge is 0.306 e. The quantitative estimate of drug-likeness (QED) is 0.0396. The number of aliphatic hydroxyl groups excluding tert-OH is 1. The largest absolute Gasteiger partial charge is 0.462 e. The average molecular weight is 721 g/mol. The fourth-order valence-electron chi connectivity index (χ4n) is 5.26. The molecule has 0 aliphatic heterocycles. The molecule has 0 saturated heterocycles. The van der Waals surface area contributed by atoms with E-state index in [4.69, 9.17) is 9.47 Å². The van der Waals surface area contributed by atoms with E-state index in [1.807, 2.05) is 12.2 Å². The Hall–Kier alpha value is -3.18. The minimum atomic E-state index is -0.810. The lowest BCUT2D eigenvalue weighted by molar-refractivity contribution is -0.161. The van der Waals surface area contributed by atoms with Crippen LogP contribution >= 0.6 is 0 Å². The Kier molecular flexibility index (Phi) is 39.7. The number of allylic oxidation sites excluding steroid dienone is 16. The third kappa shape index (κ3) is 39.6. The topological polar surface area (TPSA) is 72.8 Å². The maximum atomic E-state index is 12.2. The van der Waals surface area contributed by atoms with Crippen LogP contribution in [-0.4, -0.2) is 36.4 Å². The molecule has 0 bridgehead atoms. The van der Waals surface area contributed by atoms with Gasteiger partial charge in [-0.15, -0.1) is 0 Å². The van der Waals surface area contributed by atoms with Crippen LogP contribution in [0.5, 0.6) is 0 Å². The first kappa shape index (κ1) is 48.8. The molecule has 0 saturated carbocycles. The van der Waals surface area contributed by atoms with Gasteiger partial charge < -0.3 is 14.6 Å². The lowest BCUT2D eigenvalue weighted by Gasteiger charge is -2.15. The molecule has 52 heavy (non-hydrogen) atoms. The molecule has 0 aromatic heterocycles. The molecule has 0 fully saturated rings. The van der Waals surface area contributed by atoms with Crippen molar-refractivity contribution in [3.63, 3.8) is 0 Å². The molecule has 0 amide bonds. The predicted molar refractivity (Wildman–Crippen MR) is 223 cm³/mol. The number of carbonyl (C=O) groups is 2. The highest BCUT2D eigenvalue weighted by Gasteiger charge is 2.15. The van der Waals surface area contributed by atoms with E-state index in [0.717, 1.165) is 64.2 Å². The van der Waals surface area contributed by atoms with Gasteiger partial charge in [-0.3, -0.25) is 9.59 Å². The molecule has 0 aliphatic rings. The minimum absolute atomic E-state index is 0.113. The van der Waals surface area contributed by atoms with E-state index < -0.39 is 6.10 Å². The number of esters is 2. The van der Waals surface area contributed by atoms with Crippen LogP contribution in [0, 0.1) is 0 Å². The second-order valence-electron chi connectivity index (χ2n) is 13.3. The molecule has 0 radical (unpaired) electrons. The Morgan fingerprint density at radius 1 is 0.462 bits per heavy atom. The van der Waals surface area contributed by atoms with E-state index in [0.29, 0.717) is 12.8 Å². The van der Waals surface area contributed by atoms with Gasteiger partial charge in [-0.25, -0.2) is 0 Å². The summed E-state index contributed by atoms with van der Waals surface area (Å²) in [6.45, 7) is 3.92. The van der Waals surface area contributed by atoms with E-state index in [9.17, 15) is 14.7 Å². The van der Waals surface area contributed by atoms with Crippen molar-refractivity contribution in [3.05, 3.63) is 97.2 Å². The Bertz CT molecular complexity index is 1040. The number of hydrogen-bond donors (Lipinski definition) is 1. The third-order valence-electron chi connectivity index (χ3n) is 8.38. The van der Waals surface area contributed by atoms with Gasteiger partial charge in [0.15, 0.2) is 6.10 Å². The zero-order valence-electron chi connectivity index (χ0n) is 33.3. The van der Waals surface area contributed by atoms with Crippen LogP contribution in [-0.2, 0) is 19.1 Å². The van der Waals surface area contributed by atoms with Gasteiger partial charge >= 0.3 is 11.9 Å². The fourth-order valence-corrected chi connectivity index (χ4v) is 5.26. The molecule has 0 rings (SSSR count). The Labute approximate surface area is 319 Å². The first-order chi connectivity index (χ1) is 25.6. The number of rotatable bonds is 36. The summed E-state index contributed by atoms with van der Waals surface area (Å²) in [5, 5.41) is 9.56. The van der Waals surface area contributed by atoms with Crippen LogP contribution in [0.15, 0.2) is 97.2 Å². The van der Waals surface area contributed by atoms with Gasteiger partial charge in [0.2, 0.25) is 0 Å². The van der Waals surface area contributed by atoms with E-state index >= 15 is 0 Å². The van der Waals surface area contributed by atoms with Gasteiger partial charge in [0.1, 0.15) is 6.61 Å². The zero-order chi connectivity index (χ0) is 37.8. The van der Waals surface area contributed by atoms with Gasteiger partial charge in [0.25, 0.3) is 0 Å². The molecule has 0 unspecified atom stereocenters. The maximum Gasteiger partial charge on any atom is 0.306 e. The SMILES string of the molecule is CCC=CCC=CCC=CCC=CCC=CCC=CCCC(=O)OC[C@H](CO)OC(=O)CCCCCCCCCCCC=CCC=CCCCCC. The number of aliphatic hydroxyl groups is 1. The van der Waals surface area contributed by atoms with Gasteiger partial charge in [0, 0.05) is 12.8 Å². The number of unbranched alkanes of at least 4 members (excludes halogenated alkanes) is 12. The van der Waals surface area contributed by atoms with E-state index in [1.165, 1.54) is 70.6 Å². The van der Waals surface area contributed by atoms with Crippen LogP contribution in [0.3, 0.4) is 0 Å². The second-order valence-corrected chi connectivity index (χ2v) is 13.3. The Morgan fingerprint density at radius 2 is 0.865 bits per heavy atom. The summed E-state index contributed by atoms with van der Waals surface area (Å²) in [5.41, 5.74) is 0. The van der Waals surface area contributed by atoms with Crippen molar-refractivity contribution in [2.45, 2.75) is 174 Å². The third-order valence-corrected chi connectivity index (χ3v) is 8.38. The number of hydrogen-bond acceptors (Lipinski definition) is 5. The molecular formula is C47H76O5. The van der Waals surface area contributed by atoms with E-state index in [-0.39, 0.29) is 31.6 Å². The standard InChI is InChI=1S/C47H76O5/c1-3-5-7-9-11-13-15-17-19-21-23-25-27-29-31-33-35-37-39-41-46(49)51-44-45(43-48)52-47(50)42-40-38-36-34-32-30-28-26-24-22-20-18-16-14-12-10-8-6-4-2/h5,7,11-14,17-20,23,25,29,31,35,37,45,48H,3-4,6,8-10,15-16,21-22,24,26-28,30,32-34,36,38-44H2,1-2H3/t45-/m0/s1. The van der Waals surface area contributed by atoms with Crippen molar-refractivity contribution >= 4 is 11.9 Å². The molecule has 1 atom stereocenters. The summed E-state index contributed by atoms with van der Waals surface area (Å²) < 4.78 is 10.6. The summed E-state index contributed by atoms with van der Waals surface area (Å²) in [6.07, 6.45) is 59.1. The monoisotopic (exact) mass is 721 g/mol. The highest BCUT2D eigenvalue weighted by Crippen LogP contribution is 2.12. The van der Waals surface area contributed by atoms with E-state index in [2.05, 4.69) is 98.9 Å². The average Bonchev–Trinajstić information content (AvgIpc) is 3.15. The number of ether oxygens (including phenoxy) is 2. The molecule has 1 N–H and O–H groups in total. The molecule has 294 valence electrons. The molecular weight excluding hydrogens is 645 g/mol. The van der Waals surface area contributed by atoms with Crippen LogP contribution in [0.2, 0.25) is 0 Å². The first-order valence-electron chi connectivity index (χ1n) is 20.8. The van der Waals surface area contributed by atoms with Crippen molar-refractivity contribution < 1.29 is 24.2 Å². The van der Waals surface area contributed by atoms with Crippen molar-refractivity contribution in [1.82, 2.24) is 0 Å². The van der Waals surface area contributed by atoms with Gasteiger partial charge in [0.05, 0.1) is 6.61 Å². The molecule has 0 aromatic carbocycles. The van der Waals surface area contributed by atoms with Gasteiger partial charge in [-0.05, 0) is 83.5 Å². The van der Waals surface area contributed by atoms with Crippen molar-refractivity contribution in [3.8, 4) is 0 Å². The summed E-state index contributed by atoms with van der Waals surface area (Å²) in [5.74, 6) is -0.701. The molecule has 0 aromatic rings. The molecule has 5 nitrogen and oxygen atoms in total. The highest BCUT2D eigenvalue weighted by molar-refractivity contribution is 5.70. The lowest BCUT2D eigenvalue weighted by atomic mass is 10.1. The summed E-state index contributed by atoms with van der Waals surface area (Å²) >= 11 is 0. The summed E-state index contributed by atoms with van der Waals surface area (Å²) in [4.78, 5) is 24.3. The van der Waals surface area contributed by atoms with Crippen LogP contribution < -0.4 is 0 Å². The maximum absolute atomic E-state index is 12.2. The van der Waals surface area contributed by atoms with Crippen molar-refractivity contribution in [2.75, 3.05) is 13.2 Å². The van der Waals surface area contributed by atoms with Crippen LogP contribution in [0.4, 0.5) is 0 Å². The van der Waals surface area contributed by atoms with Crippen molar-refractivity contribution in [2.24, 2.45) is 0 Å². The minimum Gasteiger partial charge on any atom is -0.462 e. The molecule has 0 spiro atoms. The number of carbonyl (C=O) groups excluding carboxylic acids is 2. The lowest BCUT2D eigenvalue weighted by Crippen LogP contribution is -2.28. The molecule has 5 heteroatoms. The Balaban J connectivity index is 3.70. The first-order valence-corrected chi connectivity index (χ1v) is 20.8. The zero-order valence-corrected chi connectivity index (χ0v) is 33.3. The normalized spacial score (nSPS) is 13.2. The van der Waals surface area contributed by atoms with Crippen LogP contribution in [0.25, 0.3) is 0 Å². The fraction of sp³-hybridized carbons (Fsp3) is 0.617. The van der Waals surface area contributed by atoms with Gasteiger partial charge in [-0.1, -0.05) is 169 Å². The van der Waals surface area contributed by atoms with Gasteiger partial charge in [-0.2, -0.15) is 0 Å². The molecule has 0 aliphatic carbocycles. The second kappa shape index (κ2) is 42.2. The summed E-state index contributed by atoms with van der Waals surface area (Å²) in [7, 11) is 0. The van der Waals surface area contributed by atoms with E-state index in [1.54, 1.807) is 0 Å².